The molecule has 5 heteroatoms. The molecule has 1 aromatic heterocycles. The first-order valence-corrected chi connectivity index (χ1v) is 8.93. The topological polar surface area (TPSA) is 35.2 Å². The number of hydrogen-bond donors (Lipinski definition) is 1. The first-order valence-electron chi connectivity index (χ1n) is 6.47. The fraction of sp³-hybridized carbons (Fsp3) is 0.125. The average Bonchev–Trinajstić information content (AvgIpc) is 2.93. The molecule has 0 aliphatic heterocycles. The molecule has 108 valence electrons. The summed E-state index contributed by atoms with van der Waals surface area (Å²) in [4.78, 5) is 1.12. The van der Waals surface area contributed by atoms with Crippen molar-refractivity contribution in [2.45, 2.75) is 6.10 Å². The summed E-state index contributed by atoms with van der Waals surface area (Å²) in [6.07, 6.45) is -0.140. The van der Waals surface area contributed by atoms with E-state index in [-0.39, 0.29) is 6.10 Å². The monoisotopic (exact) mass is 425 g/mol. The summed E-state index contributed by atoms with van der Waals surface area (Å²) in [5.74, 6) is 0.814. The third-order valence-electron chi connectivity index (χ3n) is 3.22. The number of ether oxygens (including phenoxy) is 1. The van der Waals surface area contributed by atoms with Crippen molar-refractivity contribution in [2.24, 2.45) is 5.73 Å². The fourth-order valence-corrected chi connectivity index (χ4v) is 4.25. The molecule has 0 spiro atoms. The van der Waals surface area contributed by atoms with Crippen molar-refractivity contribution in [1.82, 2.24) is 0 Å². The maximum atomic E-state index is 6.12. The molecule has 1 heterocycles. The van der Waals surface area contributed by atoms with Crippen LogP contribution >= 0.6 is 43.2 Å². The summed E-state index contributed by atoms with van der Waals surface area (Å²) < 4.78 is 8.14. The lowest BCUT2D eigenvalue weighted by Gasteiger charge is -2.18. The average molecular weight is 427 g/mol. The van der Waals surface area contributed by atoms with Gasteiger partial charge in [0.05, 0.1) is 4.47 Å². The molecule has 0 radical (unpaired) electrons. The number of halogens is 2. The number of thiophene rings is 1. The Balaban J connectivity index is 1.95. The molecule has 0 bridgehead atoms. The Labute approximate surface area is 144 Å². The van der Waals surface area contributed by atoms with Gasteiger partial charge in [-0.25, -0.2) is 0 Å². The molecule has 2 nitrogen and oxygen atoms in total. The van der Waals surface area contributed by atoms with Crippen LogP contribution in [-0.2, 0) is 0 Å². The van der Waals surface area contributed by atoms with Crippen LogP contribution in [0, 0.1) is 0 Å². The molecule has 0 amide bonds. The first-order chi connectivity index (χ1) is 10.2. The third kappa shape index (κ3) is 3.16. The summed E-state index contributed by atoms with van der Waals surface area (Å²) in [5.41, 5.74) is 5.88. The Bertz CT molecular complexity index is 772. The SMILES string of the molecule is NCC(Oc1ccc2ccccc2c1Br)c1cc(Br)cs1. The Hall–Kier alpha value is -0.880. The minimum absolute atomic E-state index is 0.140. The molecule has 3 rings (SSSR count). The second-order valence-corrected chi connectivity index (χ2v) is 7.26. The van der Waals surface area contributed by atoms with Crippen LogP contribution in [-0.4, -0.2) is 6.54 Å². The van der Waals surface area contributed by atoms with Crippen molar-refractivity contribution < 1.29 is 4.74 Å². The van der Waals surface area contributed by atoms with Gasteiger partial charge in [-0.1, -0.05) is 30.3 Å². The maximum absolute atomic E-state index is 6.12. The van der Waals surface area contributed by atoms with Crippen LogP contribution in [0.3, 0.4) is 0 Å². The highest BCUT2D eigenvalue weighted by Crippen LogP contribution is 2.36. The molecule has 0 saturated carbocycles. The quantitative estimate of drug-likeness (QED) is 0.597. The molecule has 2 aromatic carbocycles. The van der Waals surface area contributed by atoms with E-state index >= 15 is 0 Å². The highest BCUT2D eigenvalue weighted by Gasteiger charge is 2.16. The minimum atomic E-state index is -0.140. The minimum Gasteiger partial charge on any atom is -0.482 e. The second kappa shape index (κ2) is 6.48. The summed E-state index contributed by atoms with van der Waals surface area (Å²) >= 11 is 8.76. The van der Waals surface area contributed by atoms with Gasteiger partial charge in [-0.2, -0.15) is 0 Å². The summed E-state index contributed by atoms with van der Waals surface area (Å²) in [7, 11) is 0. The van der Waals surface area contributed by atoms with E-state index in [4.69, 9.17) is 10.5 Å². The van der Waals surface area contributed by atoms with Gasteiger partial charge in [0.2, 0.25) is 0 Å². The predicted octanol–water partition coefficient (Wildman–Crippen LogP) is 5.51. The lowest BCUT2D eigenvalue weighted by Crippen LogP contribution is -2.17. The Kier molecular flexibility index (Phi) is 4.64. The van der Waals surface area contributed by atoms with Crippen molar-refractivity contribution in [3.05, 3.63) is 61.7 Å². The molecule has 0 aliphatic rings. The standard InChI is InChI=1S/C16H13Br2NOS/c17-11-7-15(21-9-11)14(8-19)20-13-6-5-10-3-1-2-4-12(10)16(13)18/h1-7,9,14H,8,19H2. The van der Waals surface area contributed by atoms with Gasteiger partial charge in [-0.15, -0.1) is 11.3 Å². The fourth-order valence-electron chi connectivity index (χ4n) is 2.18. The van der Waals surface area contributed by atoms with Gasteiger partial charge in [0.25, 0.3) is 0 Å². The van der Waals surface area contributed by atoms with E-state index in [1.165, 1.54) is 5.39 Å². The molecule has 3 aromatic rings. The summed E-state index contributed by atoms with van der Waals surface area (Å²) in [5, 5.41) is 4.36. The zero-order valence-corrected chi connectivity index (χ0v) is 15.0. The van der Waals surface area contributed by atoms with E-state index in [1.807, 2.05) is 23.6 Å². The van der Waals surface area contributed by atoms with E-state index in [9.17, 15) is 0 Å². The van der Waals surface area contributed by atoms with Gasteiger partial charge in [-0.3, -0.25) is 0 Å². The van der Waals surface area contributed by atoms with E-state index in [2.05, 4.69) is 56.1 Å². The van der Waals surface area contributed by atoms with Crippen molar-refractivity contribution >= 4 is 54.0 Å². The number of benzene rings is 2. The summed E-state index contributed by atoms with van der Waals surface area (Å²) in [6, 6.07) is 14.3. The van der Waals surface area contributed by atoms with Crippen LogP contribution in [0.15, 0.2) is 56.8 Å². The van der Waals surface area contributed by atoms with Crippen LogP contribution in [0.2, 0.25) is 0 Å². The van der Waals surface area contributed by atoms with Crippen molar-refractivity contribution in [2.75, 3.05) is 6.54 Å². The molecule has 0 saturated heterocycles. The lowest BCUT2D eigenvalue weighted by molar-refractivity contribution is 0.217. The Morgan fingerprint density at radius 3 is 2.67 bits per heavy atom. The summed E-state index contributed by atoms with van der Waals surface area (Å²) in [6.45, 7) is 0.437. The third-order valence-corrected chi connectivity index (χ3v) is 5.82. The van der Waals surface area contributed by atoms with Gasteiger partial charge in [0.15, 0.2) is 0 Å². The van der Waals surface area contributed by atoms with Crippen LogP contribution < -0.4 is 10.5 Å². The molecular weight excluding hydrogens is 414 g/mol. The largest absolute Gasteiger partial charge is 0.482 e. The van der Waals surface area contributed by atoms with Crippen molar-refractivity contribution in [1.29, 1.82) is 0 Å². The normalized spacial score (nSPS) is 12.5. The number of nitrogens with two attached hydrogens (primary N) is 1. The van der Waals surface area contributed by atoms with Crippen LogP contribution in [0.4, 0.5) is 0 Å². The molecule has 0 fully saturated rings. The maximum Gasteiger partial charge on any atom is 0.145 e. The highest BCUT2D eigenvalue weighted by molar-refractivity contribution is 9.11. The van der Waals surface area contributed by atoms with Gasteiger partial charge in [0, 0.05) is 21.3 Å². The highest BCUT2D eigenvalue weighted by atomic mass is 79.9. The molecule has 0 aliphatic carbocycles. The molecule has 1 unspecified atom stereocenters. The van der Waals surface area contributed by atoms with Crippen molar-refractivity contribution in [3.63, 3.8) is 0 Å². The molecular formula is C16H13Br2NOS. The molecule has 2 N–H and O–H groups in total. The zero-order chi connectivity index (χ0) is 14.8. The number of hydrogen-bond acceptors (Lipinski definition) is 3. The van der Waals surface area contributed by atoms with Crippen LogP contribution in [0.1, 0.15) is 11.0 Å². The van der Waals surface area contributed by atoms with E-state index < -0.39 is 0 Å². The van der Waals surface area contributed by atoms with Gasteiger partial charge >= 0.3 is 0 Å². The molecule has 21 heavy (non-hydrogen) atoms. The van der Waals surface area contributed by atoms with Gasteiger partial charge in [-0.05, 0) is 54.8 Å². The Morgan fingerprint density at radius 1 is 1.14 bits per heavy atom. The number of fused-ring (bicyclic) bond motifs is 1. The van der Waals surface area contributed by atoms with E-state index in [1.54, 1.807) is 11.3 Å². The van der Waals surface area contributed by atoms with Crippen molar-refractivity contribution in [3.8, 4) is 5.75 Å². The second-order valence-electron chi connectivity index (χ2n) is 4.61. The van der Waals surface area contributed by atoms with E-state index in [0.29, 0.717) is 6.54 Å². The van der Waals surface area contributed by atoms with Crippen LogP contribution in [0.5, 0.6) is 5.75 Å². The predicted molar refractivity (Wildman–Crippen MR) is 96.1 cm³/mol. The van der Waals surface area contributed by atoms with E-state index in [0.717, 1.165) is 25.0 Å². The van der Waals surface area contributed by atoms with Gasteiger partial charge < -0.3 is 10.5 Å². The smallest absolute Gasteiger partial charge is 0.145 e. The molecule has 1 atom stereocenters. The zero-order valence-electron chi connectivity index (χ0n) is 11.1. The van der Waals surface area contributed by atoms with Crippen LogP contribution in [0.25, 0.3) is 10.8 Å². The number of rotatable bonds is 4. The lowest BCUT2D eigenvalue weighted by atomic mass is 10.1. The Morgan fingerprint density at radius 2 is 1.95 bits per heavy atom. The first kappa shape index (κ1) is 15.0. The van der Waals surface area contributed by atoms with Gasteiger partial charge in [0.1, 0.15) is 11.9 Å².